The summed E-state index contributed by atoms with van der Waals surface area (Å²) in [5, 5.41) is 7.56. The van der Waals surface area contributed by atoms with Crippen LogP contribution in [0.25, 0.3) is 16.8 Å². The summed E-state index contributed by atoms with van der Waals surface area (Å²) in [5.41, 5.74) is 1.61. The lowest BCUT2D eigenvalue weighted by atomic mass is 9.79. The number of nitrogens with zero attached hydrogens (tertiary/aromatic N) is 3. The number of nitrogens with one attached hydrogen (secondary N) is 1. The Kier molecular flexibility index (Phi) is 6.91. The van der Waals surface area contributed by atoms with Gasteiger partial charge in [0.1, 0.15) is 0 Å². The maximum absolute atomic E-state index is 13.5. The first-order chi connectivity index (χ1) is 16.7. The van der Waals surface area contributed by atoms with Gasteiger partial charge in [0.25, 0.3) is 0 Å². The third-order valence-corrected chi connectivity index (χ3v) is 6.21. The van der Waals surface area contributed by atoms with Crippen molar-refractivity contribution in [3.63, 3.8) is 0 Å². The van der Waals surface area contributed by atoms with Gasteiger partial charge in [-0.05, 0) is 49.1 Å². The predicted octanol–water partition coefficient (Wildman–Crippen LogP) is 5.83. The molecule has 0 aliphatic carbocycles. The van der Waals surface area contributed by atoms with Crippen molar-refractivity contribution < 1.29 is 18.0 Å². The number of amides is 1. The number of unbranched alkanes of at least 4 members (excludes halogenated alkanes) is 1. The zero-order valence-electron chi connectivity index (χ0n) is 19.6. The van der Waals surface area contributed by atoms with E-state index in [2.05, 4.69) is 22.3 Å². The standard InChI is InChI=1S/C27H27F3N4O/c1-3-4-15-32-25(35)26(2,17-19-8-6-5-7-9-19)23-14-16-31-24-22(18-33-34(23)24)20-10-12-21(13-11-20)27(28,29)30/h5-14,16,18H,3-4,15,17H2,1-2H3,(H,32,35). The monoisotopic (exact) mass is 480 g/mol. The minimum atomic E-state index is -4.41. The Bertz CT molecular complexity index is 1300. The molecule has 0 spiro atoms. The van der Waals surface area contributed by atoms with E-state index in [1.807, 2.05) is 37.3 Å². The van der Waals surface area contributed by atoms with Gasteiger partial charge >= 0.3 is 6.18 Å². The lowest BCUT2D eigenvalue weighted by Gasteiger charge is -2.29. The molecule has 0 bridgehead atoms. The van der Waals surface area contributed by atoms with Crippen LogP contribution >= 0.6 is 0 Å². The number of hydrogen-bond acceptors (Lipinski definition) is 3. The van der Waals surface area contributed by atoms with E-state index in [1.54, 1.807) is 23.0 Å². The van der Waals surface area contributed by atoms with Gasteiger partial charge < -0.3 is 5.32 Å². The van der Waals surface area contributed by atoms with E-state index < -0.39 is 17.2 Å². The van der Waals surface area contributed by atoms with E-state index in [0.717, 1.165) is 30.5 Å². The average Bonchev–Trinajstić information content (AvgIpc) is 3.28. The normalized spacial score (nSPS) is 13.5. The molecular formula is C27H27F3N4O. The molecule has 0 aliphatic rings. The average molecular weight is 481 g/mol. The highest BCUT2D eigenvalue weighted by molar-refractivity contribution is 5.88. The maximum Gasteiger partial charge on any atom is 0.416 e. The van der Waals surface area contributed by atoms with Crippen LogP contribution in [0.15, 0.2) is 73.1 Å². The van der Waals surface area contributed by atoms with Gasteiger partial charge in [-0.3, -0.25) is 4.79 Å². The quantitative estimate of drug-likeness (QED) is 0.323. The highest BCUT2D eigenvalue weighted by Crippen LogP contribution is 2.34. The summed E-state index contributed by atoms with van der Waals surface area (Å²) in [5.74, 6) is -0.117. The largest absolute Gasteiger partial charge is 0.416 e. The van der Waals surface area contributed by atoms with Crippen LogP contribution in [0.3, 0.4) is 0 Å². The number of carbonyl (C=O) groups is 1. The van der Waals surface area contributed by atoms with Gasteiger partial charge in [0, 0.05) is 18.3 Å². The lowest BCUT2D eigenvalue weighted by Crippen LogP contribution is -2.45. The minimum Gasteiger partial charge on any atom is -0.355 e. The molecule has 8 heteroatoms. The van der Waals surface area contributed by atoms with Crippen molar-refractivity contribution in [1.82, 2.24) is 19.9 Å². The van der Waals surface area contributed by atoms with Crippen molar-refractivity contribution in [3.05, 3.63) is 89.9 Å². The summed E-state index contributed by atoms with van der Waals surface area (Å²) in [7, 11) is 0. The van der Waals surface area contributed by atoms with Crippen LogP contribution in [0.5, 0.6) is 0 Å². The van der Waals surface area contributed by atoms with E-state index in [9.17, 15) is 18.0 Å². The van der Waals surface area contributed by atoms with Crippen molar-refractivity contribution in [1.29, 1.82) is 0 Å². The molecule has 0 aliphatic heterocycles. The van der Waals surface area contributed by atoms with Crippen LogP contribution < -0.4 is 5.32 Å². The predicted molar refractivity (Wildman–Crippen MR) is 129 cm³/mol. The minimum absolute atomic E-state index is 0.117. The van der Waals surface area contributed by atoms with Crippen molar-refractivity contribution in [2.45, 2.75) is 44.7 Å². The topological polar surface area (TPSA) is 59.3 Å². The van der Waals surface area contributed by atoms with Gasteiger partial charge in [-0.15, -0.1) is 0 Å². The van der Waals surface area contributed by atoms with Gasteiger partial charge in [0.05, 0.1) is 22.9 Å². The van der Waals surface area contributed by atoms with E-state index in [0.29, 0.717) is 35.4 Å². The van der Waals surface area contributed by atoms with Crippen LogP contribution in [-0.4, -0.2) is 27.0 Å². The Morgan fingerprint density at radius 1 is 1.03 bits per heavy atom. The molecule has 2 aromatic heterocycles. The van der Waals surface area contributed by atoms with Crippen LogP contribution in [0, 0.1) is 0 Å². The molecule has 182 valence electrons. The molecule has 0 fully saturated rings. The first-order valence-corrected chi connectivity index (χ1v) is 11.6. The van der Waals surface area contributed by atoms with Crippen LogP contribution in [0.1, 0.15) is 43.5 Å². The van der Waals surface area contributed by atoms with Gasteiger partial charge in [0.2, 0.25) is 5.91 Å². The maximum atomic E-state index is 13.5. The summed E-state index contributed by atoms with van der Waals surface area (Å²) in [4.78, 5) is 18.0. The number of alkyl halides is 3. The molecule has 0 saturated carbocycles. The molecule has 0 radical (unpaired) electrons. The van der Waals surface area contributed by atoms with Crippen LogP contribution in [-0.2, 0) is 22.8 Å². The van der Waals surface area contributed by atoms with E-state index in [4.69, 9.17) is 0 Å². The summed E-state index contributed by atoms with van der Waals surface area (Å²) in [6.07, 6.45) is 1.06. The summed E-state index contributed by atoms with van der Waals surface area (Å²) in [6, 6.07) is 16.4. The van der Waals surface area contributed by atoms with Crippen LogP contribution in [0.2, 0.25) is 0 Å². The molecule has 1 atom stereocenters. The number of aromatic nitrogens is 3. The fourth-order valence-corrected chi connectivity index (χ4v) is 4.22. The highest BCUT2D eigenvalue weighted by Gasteiger charge is 2.38. The van der Waals surface area contributed by atoms with Crippen molar-refractivity contribution in [3.8, 4) is 11.1 Å². The molecule has 1 unspecified atom stereocenters. The summed E-state index contributed by atoms with van der Waals surface area (Å²) < 4.78 is 40.6. The molecule has 4 rings (SSSR count). The molecule has 5 nitrogen and oxygen atoms in total. The molecule has 2 heterocycles. The third kappa shape index (κ3) is 5.06. The Balaban J connectivity index is 1.78. The highest BCUT2D eigenvalue weighted by atomic mass is 19.4. The van der Waals surface area contributed by atoms with Gasteiger partial charge in [-0.25, -0.2) is 9.50 Å². The second kappa shape index (κ2) is 9.90. The van der Waals surface area contributed by atoms with Crippen molar-refractivity contribution >= 4 is 11.6 Å². The summed E-state index contributed by atoms with van der Waals surface area (Å²) >= 11 is 0. The third-order valence-electron chi connectivity index (χ3n) is 6.21. The zero-order chi connectivity index (χ0) is 25.1. The molecular weight excluding hydrogens is 453 g/mol. The number of benzene rings is 2. The fourth-order valence-electron chi connectivity index (χ4n) is 4.22. The molecule has 0 saturated heterocycles. The molecule has 35 heavy (non-hydrogen) atoms. The Labute approximate surface area is 202 Å². The molecule has 1 amide bonds. The Hall–Kier alpha value is -3.68. The van der Waals surface area contributed by atoms with E-state index >= 15 is 0 Å². The van der Waals surface area contributed by atoms with E-state index in [1.165, 1.54) is 12.1 Å². The second-order valence-corrected chi connectivity index (χ2v) is 8.80. The fraction of sp³-hybridized carbons (Fsp3) is 0.296. The van der Waals surface area contributed by atoms with Gasteiger partial charge in [-0.1, -0.05) is 55.8 Å². The zero-order valence-corrected chi connectivity index (χ0v) is 19.6. The second-order valence-electron chi connectivity index (χ2n) is 8.80. The Morgan fingerprint density at radius 3 is 2.40 bits per heavy atom. The summed E-state index contributed by atoms with van der Waals surface area (Å²) in [6.45, 7) is 4.52. The number of carbonyl (C=O) groups excluding carboxylic acids is 1. The smallest absolute Gasteiger partial charge is 0.355 e. The van der Waals surface area contributed by atoms with Crippen molar-refractivity contribution in [2.24, 2.45) is 0 Å². The number of rotatable bonds is 8. The molecule has 2 aromatic carbocycles. The number of fused-ring (bicyclic) bond motifs is 1. The first kappa shape index (κ1) is 24.4. The lowest BCUT2D eigenvalue weighted by molar-refractivity contribution is -0.137. The van der Waals surface area contributed by atoms with Crippen LogP contribution in [0.4, 0.5) is 13.2 Å². The molecule has 1 N–H and O–H groups in total. The number of halogens is 3. The van der Waals surface area contributed by atoms with E-state index in [-0.39, 0.29) is 5.91 Å². The Morgan fingerprint density at radius 2 is 1.74 bits per heavy atom. The molecule has 4 aromatic rings. The first-order valence-electron chi connectivity index (χ1n) is 11.6. The van der Waals surface area contributed by atoms with Gasteiger partial charge in [-0.2, -0.15) is 18.3 Å². The SMILES string of the molecule is CCCCNC(=O)C(C)(Cc1ccccc1)c1ccnc2c(-c3ccc(C(F)(F)F)cc3)cnn12. The van der Waals surface area contributed by atoms with Crippen molar-refractivity contribution in [2.75, 3.05) is 6.54 Å². The number of hydrogen-bond donors (Lipinski definition) is 1. The van der Waals surface area contributed by atoms with Gasteiger partial charge in [0.15, 0.2) is 5.65 Å².